The fourth-order valence-corrected chi connectivity index (χ4v) is 2.30. The minimum atomic E-state index is -0.419. The van der Waals surface area contributed by atoms with Gasteiger partial charge in [-0.3, -0.25) is 10.1 Å². The van der Waals surface area contributed by atoms with Crippen LogP contribution in [0.4, 0.5) is 0 Å². The molecule has 0 aromatic heterocycles. The predicted octanol–water partition coefficient (Wildman–Crippen LogP) is 3.44. The fourth-order valence-electron chi connectivity index (χ4n) is 2.30. The van der Waals surface area contributed by atoms with Crippen molar-refractivity contribution in [1.29, 1.82) is 0 Å². The molecule has 0 aliphatic carbocycles. The highest BCUT2D eigenvalue weighted by atomic mass is 16.6. The van der Waals surface area contributed by atoms with E-state index < -0.39 is 5.60 Å². The van der Waals surface area contributed by atoms with Crippen LogP contribution in [0, 0.1) is 5.92 Å². The summed E-state index contributed by atoms with van der Waals surface area (Å²) in [4.78, 5) is 12.2. The molecule has 0 bridgehead atoms. The Hall–Kier alpha value is -0.830. The Morgan fingerprint density at radius 2 is 1.95 bits per heavy atom. The Kier molecular flexibility index (Phi) is 6.05. The summed E-state index contributed by atoms with van der Waals surface area (Å²) in [5, 5.41) is 3.42. The van der Waals surface area contributed by atoms with Gasteiger partial charge in [-0.1, -0.05) is 45.3 Å². The van der Waals surface area contributed by atoms with E-state index in [0.717, 1.165) is 6.42 Å². The van der Waals surface area contributed by atoms with Gasteiger partial charge in [0.15, 0.2) is 0 Å². The Bertz CT molecular complexity index is 317. The zero-order valence-electron chi connectivity index (χ0n) is 13.0. The lowest BCUT2D eigenvalue weighted by atomic mass is 9.93. The highest BCUT2D eigenvalue weighted by Gasteiger charge is 2.32. The number of esters is 1. The van der Waals surface area contributed by atoms with Gasteiger partial charge in [0.2, 0.25) is 0 Å². The van der Waals surface area contributed by atoms with Crippen molar-refractivity contribution in [2.75, 3.05) is 0 Å². The van der Waals surface area contributed by atoms with Crippen LogP contribution in [0.3, 0.4) is 0 Å². The standard InChI is InChI=1S/C16H29NO2/c1-6-7-8-9-13-11-10-12(2)14(17-13)15(18)19-16(3,4)5/h10-14,17H,6-9H2,1-5H3/t12-,13-,14-/m1/s1. The van der Waals surface area contributed by atoms with Crippen LogP contribution < -0.4 is 5.32 Å². The van der Waals surface area contributed by atoms with Crippen LogP contribution >= 0.6 is 0 Å². The second-order valence-corrected chi connectivity index (χ2v) is 6.52. The topological polar surface area (TPSA) is 38.3 Å². The van der Waals surface area contributed by atoms with E-state index in [9.17, 15) is 4.79 Å². The number of carbonyl (C=O) groups excluding carboxylic acids is 1. The highest BCUT2D eigenvalue weighted by Crippen LogP contribution is 2.19. The largest absolute Gasteiger partial charge is 0.459 e. The Labute approximate surface area is 117 Å². The van der Waals surface area contributed by atoms with E-state index in [-0.39, 0.29) is 17.9 Å². The van der Waals surface area contributed by atoms with Crippen LogP contribution in [0.1, 0.15) is 60.3 Å². The van der Waals surface area contributed by atoms with Crippen molar-refractivity contribution in [3.8, 4) is 0 Å². The first-order chi connectivity index (χ1) is 8.83. The summed E-state index contributed by atoms with van der Waals surface area (Å²) in [6.45, 7) is 9.99. The number of hydrogen-bond acceptors (Lipinski definition) is 3. The molecule has 0 unspecified atom stereocenters. The molecule has 1 aliphatic rings. The van der Waals surface area contributed by atoms with E-state index in [0.29, 0.717) is 6.04 Å². The zero-order valence-corrected chi connectivity index (χ0v) is 13.0. The first kappa shape index (κ1) is 16.2. The first-order valence-electron chi connectivity index (χ1n) is 7.50. The van der Waals surface area contributed by atoms with Gasteiger partial charge in [0.25, 0.3) is 0 Å². The average Bonchev–Trinajstić information content (AvgIpc) is 2.29. The molecule has 0 fully saturated rings. The molecule has 1 N–H and O–H groups in total. The first-order valence-corrected chi connectivity index (χ1v) is 7.50. The van der Waals surface area contributed by atoms with E-state index in [1.807, 2.05) is 20.8 Å². The Morgan fingerprint density at radius 3 is 2.53 bits per heavy atom. The summed E-state index contributed by atoms with van der Waals surface area (Å²) in [5.41, 5.74) is -0.419. The van der Waals surface area contributed by atoms with Crippen molar-refractivity contribution in [3.05, 3.63) is 12.2 Å². The molecule has 110 valence electrons. The van der Waals surface area contributed by atoms with Crippen LogP contribution in [0.25, 0.3) is 0 Å². The molecule has 0 spiro atoms. The second-order valence-electron chi connectivity index (χ2n) is 6.52. The summed E-state index contributed by atoms with van der Waals surface area (Å²) in [5.74, 6) is 0.0575. The lowest BCUT2D eigenvalue weighted by Crippen LogP contribution is -2.50. The minimum absolute atomic E-state index is 0.134. The summed E-state index contributed by atoms with van der Waals surface area (Å²) in [7, 11) is 0. The van der Waals surface area contributed by atoms with E-state index >= 15 is 0 Å². The maximum absolute atomic E-state index is 12.2. The molecule has 3 nitrogen and oxygen atoms in total. The highest BCUT2D eigenvalue weighted by molar-refractivity contribution is 5.77. The van der Waals surface area contributed by atoms with Gasteiger partial charge >= 0.3 is 5.97 Å². The SMILES string of the molecule is CCCCC[C@@H]1C=C[C@@H](C)[C@H](C(=O)OC(C)(C)C)N1. The molecule has 1 heterocycles. The lowest BCUT2D eigenvalue weighted by molar-refractivity contribution is -0.158. The van der Waals surface area contributed by atoms with Gasteiger partial charge in [-0.05, 0) is 27.2 Å². The van der Waals surface area contributed by atoms with Gasteiger partial charge in [-0.15, -0.1) is 0 Å². The normalized spacial score (nSPS) is 27.3. The molecule has 3 heteroatoms. The molecular formula is C16H29NO2. The smallest absolute Gasteiger partial charge is 0.324 e. The van der Waals surface area contributed by atoms with Gasteiger partial charge in [0.05, 0.1) is 0 Å². The molecule has 19 heavy (non-hydrogen) atoms. The average molecular weight is 267 g/mol. The summed E-state index contributed by atoms with van der Waals surface area (Å²) in [6, 6.07) is 0.0936. The fraction of sp³-hybridized carbons (Fsp3) is 0.812. The molecule has 0 radical (unpaired) electrons. The van der Waals surface area contributed by atoms with Crippen LogP contribution in [-0.4, -0.2) is 23.7 Å². The number of unbranched alkanes of at least 4 members (excludes halogenated alkanes) is 2. The quantitative estimate of drug-likeness (QED) is 0.471. The summed E-state index contributed by atoms with van der Waals surface area (Å²) >= 11 is 0. The second kappa shape index (κ2) is 7.09. The summed E-state index contributed by atoms with van der Waals surface area (Å²) < 4.78 is 5.49. The van der Waals surface area contributed by atoms with E-state index in [1.54, 1.807) is 0 Å². The monoisotopic (exact) mass is 267 g/mol. The van der Waals surface area contributed by atoms with Crippen LogP contribution in [-0.2, 0) is 9.53 Å². The molecule has 0 aromatic carbocycles. The van der Waals surface area contributed by atoms with Crippen molar-refractivity contribution < 1.29 is 9.53 Å². The molecule has 0 saturated carbocycles. The maximum atomic E-state index is 12.2. The number of hydrogen-bond donors (Lipinski definition) is 1. The van der Waals surface area contributed by atoms with E-state index in [4.69, 9.17) is 4.74 Å². The molecule has 1 aliphatic heterocycles. The van der Waals surface area contributed by atoms with Crippen molar-refractivity contribution in [2.24, 2.45) is 5.92 Å². The van der Waals surface area contributed by atoms with Crippen LogP contribution in [0.2, 0.25) is 0 Å². The van der Waals surface area contributed by atoms with E-state index in [1.165, 1.54) is 19.3 Å². The van der Waals surface area contributed by atoms with E-state index in [2.05, 4.69) is 31.3 Å². The predicted molar refractivity (Wildman–Crippen MR) is 79.0 cm³/mol. The third-order valence-electron chi connectivity index (χ3n) is 3.35. The van der Waals surface area contributed by atoms with Crippen molar-refractivity contribution in [2.45, 2.75) is 78.0 Å². The number of rotatable bonds is 5. The maximum Gasteiger partial charge on any atom is 0.324 e. The number of nitrogens with one attached hydrogen (secondary N) is 1. The van der Waals surface area contributed by atoms with Gasteiger partial charge in [0.1, 0.15) is 11.6 Å². The lowest BCUT2D eigenvalue weighted by Gasteiger charge is -2.32. The molecule has 0 amide bonds. The number of carbonyl (C=O) groups is 1. The van der Waals surface area contributed by atoms with Gasteiger partial charge < -0.3 is 4.74 Å². The molecule has 0 saturated heterocycles. The minimum Gasteiger partial charge on any atom is -0.459 e. The molecule has 3 atom stereocenters. The van der Waals surface area contributed by atoms with Gasteiger partial charge in [-0.2, -0.15) is 0 Å². The third-order valence-corrected chi connectivity index (χ3v) is 3.35. The Balaban J connectivity index is 2.54. The molecule has 0 aromatic rings. The van der Waals surface area contributed by atoms with Crippen LogP contribution in [0.5, 0.6) is 0 Å². The van der Waals surface area contributed by atoms with Crippen molar-refractivity contribution in [1.82, 2.24) is 5.32 Å². The van der Waals surface area contributed by atoms with Crippen molar-refractivity contribution >= 4 is 5.97 Å². The summed E-state index contributed by atoms with van der Waals surface area (Å²) in [6.07, 6.45) is 9.11. The van der Waals surface area contributed by atoms with Gasteiger partial charge in [0, 0.05) is 12.0 Å². The zero-order chi connectivity index (χ0) is 14.5. The molecule has 1 rings (SSSR count). The van der Waals surface area contributed by atoms with Gasteiger partial charge in [-0.25, -0.2) is 0 Å². The van der Waals surface area contributed by atoms with Crippen molar-refractivity contribution in [3.63, 3.8) is 0 Å². The molecular weight excluding hydrogens is 238 g/mol. The Morgan fingerprint density at radius 1 is 1.26 bits per heavy atom. The van der Waals surface area contributed by atoms with Crippen LogP contribution in [0.15, 0.2) is 12.2 Å². The third kappa shape index (κ3) is 5.77. The number of ether oxygens (including phenoxy) is 1.